The third kappa shape index (κ3) is 2.93. The highest BCUT2D eigenvalue weighted by Gasteiger charge is 2.18. The number of fused-ring (bicyclic) bond motifs is 1. The van der Waals surface area contributed by atoms with Crippen LogP contribution in [-0.2, 0) is 13.1 Å². The van der Waals surface area contributed by atoms with Crippen molar-refractivity contribution in [3.8, 4) is 0 Å². The first-order valence-electron chi connectivity index (χ1n) is 7.76. The minimum Gasteiger partial charge on any atom is -0.362 e. The minimum atomic E-state index is 0.452. The Balaban J connectivity index is 1.73. The first-order chi connectivity index (χ1) is 10.3. The van der Waals surface area contributed by atoms with Crippen LogP contribution in [0.15, 0.2) is 30.6 Å². The number of nitrogens with zero attached hydrogens (tertiary/aromatic N) is 4. The fourth-order valence-corrected chi connectivity index (χ4v) is 2.95. The fourth-order valence-electron chi connectivity index (χ4n) is 2.95. The first kappa shape index (κ1) is 14.1. The molecule has 0 fully saturated rings. The van der Waals surface area contributed by atoms with Gasteiger partial charge in [-0.3, -0.25) is 0 Å². The molecule has 0 radical (unpaired) electrons. The second kappa shape index (κ2) is 6.26. The smallest absolute Gasteiger partial charge is 0.152 e. The number of nitrogens with one attached hydrogen (secondary N) is 1. The molecule has 5 nitrogen and oxygen atoms in total. The zero-order valence-corrected chi connectivity index (χ0v) is 12.8. The van der Waals surface area contributed by atoms with Gasteiger partial charge in [0, 0.05) is 24.8 Å². The van der Waals surface area contributed by atoms with Gasteiger partial charge in [0.05, 0.1) is 6.54 Å². The van der Waals surface area contributed by atoms with Crippen LogP contribution < -0.4 is 10.2 Å². The van der Waals surface area contributed by atoms with Crippen molar-refractivity contribution in [2.24, 2.45) is 0 Å². The fraction of sp³-hybridized carbons (Fsp3) is 0.500. The first-order valence-corrected chi connectivity index (χ1v) is 7.76. The molecule has 0 saturated carbocycles. The van der Waals surface area contributed by atoms with E-state index in [9.17, 15) is 0 Å². The lowest BCUT2D eigenvalue weighted by molar-refractivity contribution is 0.536. The van der Waals surface area contributed by atoms with Gasteiger partial charge in [-0.05, 0) is 30.7 Å². The predicted octanol–water partition coefficient (Wildman–Crippen LogP) is 2.36. The van der Waals surface area contributed by atoms with Crippen molar-refractivity contribution in [3.63, 3.8) is 0 Å². The number of hydrogen-bond donors (Lipinski definition) is 1. The Hall–Kier alpha value is -1.88. The van der Waals surface area contributed by atoms with Crippen molar-refractivity contribution in [1.29, 1.82) is 0 Å². The van der Waals surface area contributed by atoms with Crippen molar-refractivity contribution < 1.29 is 0 Å². The van der Waals surface area contributed by atoms with E-state index in [1.807, 2.05) is 6.33 Å². The average Bonchev–Trinajstić information content (AvgIpc) is 3.00. The molecule has 2 heterocycles. The number of anilines is 1. The summed E-state index contributed by atoms with van der Waals surface area (Å²) < 4.78 is 2.13. The van der Waals surface area contributed by atoms with Gasteiger partial charge in [-0.25, -0.2) is 0 Å². The summed E-state index contributed by atoms with van der Waals surface area (Å²) in [6.07, 6.45) is 2.93. The summed E-state index contributed by atoms with van der Waals surface area (Å²) in [6.45, 7) is 8.18. The summed E-state index contributed by atoms with van der Waals surface area (Å²) in [5.41, 5.74) is 2.63. The molecule has 1 aromatic carbocycles. The van der Waals surface area contributed by atoms with Crippen LogP contribution in [0.4, 0.5) is 5.69 Å². The average molecular weight is 285 g/mol. The topological polar surface area (TPSA) is 46.0 Å². The molecular formula is C16H23N5. The van der Waals surface area contributed by atoms with Gasteiger partial charge < -0.3 is 14.8 Å². The Labute approximate surface area is 126 Å². The van der Waals surface area contributed by atoms with Gasteiger partial charge in [-0.15, -0.1) is 10.2 Å². The summed E-state index contributed by atoms with van der Waals surface area (Å²) >= 11 is 0. The van der Waals surface area contributed by atoms with Gasteiger partial charge in [-0.2, -0.15) is 0 Å². The van der Waals surface area contributed by atoms with Gasteiger partial charge >= 0.3 is 0 Å². The standard InChI is InChI=1S/C16H23N5/c1-3-15(17-4-2)13-5-7-14(8-6-13)20-9-10-21-12-18-19-16(21)11-20/h5-8,12,15,17H,3-4,9-11H2,1-2H3. The Morgan fingerprint density at radius 1 is 1.19 bits per heavy atom. The number of aromatic nitrogens is 3. The molecule has 3 rings (SSSR count). The second-order valence-corrected chi connectivity index (χ2v) is 5.47. The van der Waals surface area contributed by atoms with Crippen LogP contribution >= 0.6 is 0 Å². The van der Waals surface area contributed by atoms with E-state index >= 15 is 0 Å². The van der Waals surface area contributed by atoms with E-state index in [0.717, 1.165) is 38.4 Å². The molecule has 1 atom stereocenters. The Morgan fingerprint density at radius 3 is 2.71 bits per heavy atom. The van der Waals surface area contributed by atoms with Crippen LogP contribution in [0.3, 0.4) is 0 Å². The molecule has 112 valence electrons. The summed E-state index contributed by atoms with van der Waals surface area (Å²) in [5, 5.41) is 11.7. The number of benzene rings is 1. The molecule has 1 N–H and O–H groups in total. The van der Waals surface area contributed by atoms with Gasteiger partial charge in [0.2, 0.25) is 0 Å². The predicted molar refractivity (Wildman–Crippen MR) is 84.2 cm³/mol. The third-order valence-electron chi connectivity index (χ3n) is 4.16. The lowest BCUT2D eigenvalue weighted by Gasteiger charge is -2.29. The van der Waals surface area contributed by atoms with Crippen molar-refractivity contribution in [2.75, 3.05) is 18.0 Å². The van der Waals surface area contributed by atoms with Crippen molar-refractivity contribution in [1.82, 2.24) is 20.1 Å². The SMILES string of the molecule is CCNC(CC)c1ccc(N2CCn3cnnc3C2)cc1. The molecule has 0 amide bonds. The molecular weight excluding hydrogens is 262 g/mol. The van der Waals surface area contributed by atoms with Gasteiger partial charge in [0.25, 0.3) is 0 Å². The van der Waals surface area contributed by atoms with Crippen LogP contribution in [0.5, 0.6) is 0 Å². The molecule has 1 aliphatic rings. The molecule has 0 aliphatic carbocycles. The number of hydrogen-bond acceptors (Lipinski definition) is 4. The van der Waals surface area contributed by atoms with Gasteiger partial charge in [-0.1, -0.05) is 26.0 Å². The quantitative estimate of drug-likeness (QED) is 0.916. The van der Waals surface area contributed by atoms with E-state index in [0.29, 0.717) is 6.04 Å². The number of rotatable bonds is 5. The maximum Gasteiger partial charge on any atom is 0.152 e. The summed E-state index contributed by atoms with van der Waals surface area (Å²) in [5.74, 6) is 1.05. The summed E-state index contributed by atoms with van der Waals surface area (Å²) in [4.78, 5) is 2.36. The Morgan fingerprint density at radius 2 is 2.00 bits per heavy atom. The van der Waals surface area contributed by atoms with Gasteiger partial charge in [0.15, 0.2) is 5.82 Å². The van der Waals surface area contributed by atoms with Gasteiger partial charge in [0.1, 0.15) is 6.33 Å². The molecule has 0 saturated heterocycles. The van der Waals surface area contributed by atoms with Crippen LogP contribution in [0.25, 0.3) is 0 Å². The maximum absolute atomic E-state index is 4.18. The minimum absolute atomic E-state index is 0.452. The van der Waals surface area contributed by atoms with E-state index in [-0.39, 0.29) is 0 Å². The second-order valence-electron chi connectivity index (χ2n) is 5.47. The zero-order valence-electron chi connectivity index (χ0n) is 12.8. The largest absolute Gasteiger partial charge is 0.362 e. The van der Waals surface area contributed by atoms with Crippen LogP contribution in [0.1, 0.15) is 37.7 Å². The van der Waals surface area contributed by atoms with Crippen LogP contribution in [0.2, 0.25) is 0 Å². The molecule has 2 aromatic rings. The molecule has 1 aliphatic heterocycles. The van der Waals surface area contributed by atoms with E-state index < -0.39 is 0 Å². The summed E-state index contributed by atoms with van der Waals surface area (Å²) in [7, 11) is 0. The third-order valence-corrected chi connectivity index (χ3v) is 4.16. The molecule has 0 bridgehead atoms. The molecule has 21 heavy (non-hydrogen) atoms. The van der Waals surface area contributed by atoms with E-state index in [2.05, 4.69) is 63.1 Å². The normalized spacial score (nSPS) is 15.8. The molecule has 1 unspecified atom stereocenters. The Kier molecular flexibility index (Phi) is 4.20. The van der Waals surface area contributed by atoms with E-state index in [1.165, 1.54) is 11.3 Å². The van der Waals surface area contributed by atoms with Crippen molar-refractivity contribution >= 4 is 5.69 Å². The zero-order chi connectivity index (χ0) is 14.7. The molecule has 1 aromatic heterocycles. The highest BCUT2D eigenvalue weighted by Crippen LogP contribution is 2.23. The highest BCUT2D eigenvalue weighted by molar-refractivity contribution is 5.48. The lowest BCUT2D eigenvalue weighted by Crippen LogP contribution is -2.33. The van der Waals surface area contributed by atoms with Crippen molar-refractivity contribution in [2.45, 2.75) is 39.4 Å². The van der Waals surface area contributed by atoms with Crippen LogP contribution in [0, 0.1) is 0 Å². The lowest BCUT2D eigenvalue weighted by atomic mass is 10.0. The van der Waals surface area contributed by atoms with Crippen LogP contribution in [-0.4, -0.2) is 27.9 Å². The van der Waals surface area contributed by atoms with Crippen molar-refractivity contribution in [3.05, 3.63) is 42.0 Å². The monoisotopic (exact) mass is 285 g/mol. The molecule has 0 spiro atoms. The Bertz CT molecular complexity index is 575. The van der Waals surface area contributed by atoms with E-state index in [1.54, 1.807) is 0 Å². The maximum atomic E-state index is 4.18. The highest BCUT2D eigenvalue weighted by atomic mass is 15.3. The molecule has 5 heteroatoms. The summed E-state index contributed by atoms with van der Waals surface area (Å²) in [6, 6.07) is 9.38. The van der Waals surface area contributed by atoms with E-state index in [4.69, 9.17) is 0 Å².